The van der Waals surface area contributed by atoms with Crippen LogP contribution in [0.5, 0.6) is 0 Å². The highest BCUT2D eigenvalue weighted by molar-refractivity contribution is 6.46. The van der Waals surface area contributed by atoms with E-state index in [1.165, 1.54) is 13.2 Å². The molecule has 78 valence electrons. The van der Waals surface area contributed by atoms with E-state index in [-0.39, 0.29) is 2.85 Å². The van der Waals surface area contributed by atoms with Crippen LogP contribution in [0.15, 0.2) is 17.9 Å². The van der Waals surface area contributed by atoms with Gasteiger partial charge in [0.2, 0.25) is 5.71 Å². The van der Waals surface area contributed by atoms with E-state index >= 15 is 0 Å². The number of nitrogens with one attached hydrogen (secondary N) is 2. The Balaban J connectivity index is -0.000000845. The number of nitriles is 1. The summed E-state index contributed by atoms with van der Waals surface area (Å²) in [6.45, 7) is 3.21. The maximum absolute atomic E-state index is 11.0. The fourth-order valence-electron chi connectivity index (χ4n) is 0.495. The molecule has 0 atom stereocenters. The number of carbonyl (C=O) groups excluding carboxylic acids is 2. The van der Waals surface area contributed by atoms with Crippen molar-refractivity contribution >= 4 is 17.6 Å². The molecule has 0 saturated carbocycles. The summed E-state index contributed by atoms with van der Waals surface area (Å²) < 4.78 is 0. The molecule has 0 rings (SSSR count). The van der Waals surface area contributed by atoms with E-state index in [9.17, 15) is 9.59 Å². The molecule has 3 amide bonds. The number of carbonyl (C=O) groups is 2. The Hall–Kier alpha value is -2.36. The molecule has 7 nitrogen and oxygen atoms in total. The van der Waals surface area contributed by atoms with Crippen LogP contribution in [0.4, 0.5) is 4.79 Å². The number of hydrogen-bond donors (Lipinski definition) is 2. The minimum atomic E-state index is -0.950. The van der Waals surface area contributed by atoms with E-state index in [4.69, 9.17) is 5.26 Å². The highest BCUT2D eigenvalue weighted by Gasteiger charge is 2.14. The fourth-order valence-corrected chi connectivity index (χ4v) is 0.495. The summed E-state index contributed by atoms with van der Waals surface area (Å²) in [7, 11) is 1.18. The summed E-state index contributed by atoms with van der Waals surface area (Å²) >= 11 is 0. The van der Waals surface area contributed by atoms with E-state index in [1.807, 2.05) is 5.32 Å². The maximum atomic E-state index is 11.0. The second-order valence-corrected chi connectivity index (χ2v) is 1.87. The SMILES string of the molecule is C=CNC(=O)NC(=O)C(C#N)=NOC.[HH].[HH]. The molecule has 0 bridgehead atoms. The van der Waals surface area contributed by atoms with Crippen molar-refractivity contribution in [3.63, 3.8) is 0 Å². The van der Waals surface area contributed by atoms with Crippen LogP contribution in [0.2, 0.25) is 0 Å². The summed E-state index contributed by atoms with van der Waals surface area (Å²) in [5.41, 5.74) is -0.549. The predicted molar refractivity (Wildman–Crippen MR) is 51.2 cm³/mol. The van der Waals surface area contributed by atoms with Gasteiger partial charge >= 0.3 is 6.03 Å². The predicted octanol–water partition coefficient (Wildman–Crippen LogP) is -0.0263. The molecule has 0 saturated heterocycles. The first-order valence-corrected chi connectivity index (χ1v) is 3.39. The minimum absolute atomic E-state index is 0. The highest BCUT2D eigenvalue weighted by Crippen LogP contribution is 1.79. The van der Waals surface area contributed by atoms with Gasteiger partial charge in [-0.15, -0.1) is 0 Å². The highest BCUT2D eigenvalue weighted by atomic mass is 16.6. The van der Waals surface area contributed by atoms with Gasteiger partial charge in [-0.05, 0) is 6.20 Å². The number of nitrogens with zero attached hydrogens (tertiary/aromatic N) is 2. The monoisotopic (exact) mass is 200 g/mol. The first kappa shape index (κ1) is 11.6. The first-order valence-electron chi connectivity index (χ1n) is 3.39. The number of rotatable bonds is 3. The lowest BCUT2D eigenvalue weighted by atomic mass is 10.4. The largest absolute Gasteiger partial charge is 0.398 e. The molecule has 0 heterocycles. The third-order valence-corrected chi connectivity index (χ3v) is 0.964. The van der Waals surface area contributed by atoms with Crippen molar-refractivity contribution in [2.45, 2.75) is 0 Å². The van der Waals surface area contributed by atoms with Crippen LogP contribution in [0.3, 0.4) is 0 Å². The normalized spacial score (nSPS) is 9.57. The second kappa shape index (κ2) is 6.19. The molecule has 0 fully saturated rings. The van der Waals surface area contributed by atoms with Crippen molar-refractivity contribution in [1.82, 2.24) is 10.6 Å². The van der Waals surface area contributed by atoms with Crippen molar-refractivity contribution in [1.29, 1.82) is 5.26 Å². The van der Waals surface area contributed by atoms with E-state index in [1.54, 1.807) is 0 Å². The summed E-state index contributed by atoms with van der Waals surface area (Å²) in [6, 6.07) is 0.656. The molecule has 0 aliphatic carbocycles. The van der Waals surface area contributed by atoms with Crippen LogP contribution in [-0.4, -0.2) is 24.8 Å². The fraction of sp³-hybridized carbons (Fsp3) is 0.143. The minimum Gasteiger partial charge on any atom is -0.398 e. The van der Waals surface area contributed by atoms with Gasteiger partial charge in [0.25, 0.3) is 5.91 Å². The number of imide groups is 1. The lowest BCUT2D eigenvalue weighted by molar-refractivity contribution is -0.113. The Morgan fingerprint density at radius 3 is 2.79 bits per heavy atom. The Bertz CT molecular complexity index is 324. The molecular formula is C7H12N4O3. The number of hydrogen-bond acceptors (Lipinski definition) is 5. The Morgan fingerprint density at radius 1 is 1.71 bits per heavy atom. The van der Waals surface area contributed by atoms with Crippen molar-refractivity contribution < 1.29 is 17.3 Å². The molecule has 0 radical (unpaired) electrons. The maximum Gasteiger partial charge on any atom is 0.325 e. The smallest absolute Gasteiger partial charge is 0.325 e. The molecule has 0 aromatic heterocycles. The average molecular weight is 200 g/mol. The third kappa shape index (κ3) is 3.87. The standard InChI is InChI=1S/C7H8N4O3.2H2/c1-3-9-7(13)10-6(12)5(4-8)11-14-2;;/h3H,1H2,2H3,(H2,9,10,12,13);2*1H. The Labute approximate surface area is 83.0 Å². The summed E-state index contributed by atoms with van der Waals surface area (Å²) in [4.78, 5) is 26.0. The zero-order valence-electron chi connectivity index (χ0n) is 7.40. The molecule has 0 aromatic rings. The van der Waals surface area contributed by atoms with Gasteiger partial charge in [-0.2, -0.15) is 5.26 Å². The van der Waals surface area contributed by atoms with Crippen LogP contribution in [0.1, 0.15) is 2.85 Å². The van der Waals surface area contributed by atoms with Gasteiger partial charge in [-0.3, -0.25) is 10.1 Å². The first-order chi connectivity index (χ1) is 6.65. The van der Waals surface area contributed by atoms with Crippen molar-refractivity contribution in [2.75, 3.05) is 7.11 Å². The van der Waals surface area contributed by atoms with Crippen LogP contribution in [0.25, 0.3) is 0 Å². The van der Waals surface area contributed by atoms with Gasteiger partial charge < -0.3 is 10.2 Å². The molecule has 0 aliphatic heterocycles. The lowest BCUT2D eigenvalue weighted by Gasteiger charge is -1.99. The summed E-state index contributed by atoms with van der Waals surface area (Å²) in [6.07, 6.45) is 1.09. The third-order valence-electron chi connectivity index (χ3n) is 0.964. The van der Waals surface area contributed by atoms with Gasteiger partial charge in [0, 0.05) is 2.85 Å². The Kier molecular flexibility index (Phi) is 5.15. The van der Waals surface area contributed by atoms with Crippen LogP contribution in [0, 0.1) is 11.3 Å². The average Bonchev–Trinajstić information content (AvgIpc) is 2.14. The molecule has 7 heteroatoms. The van der Waals surface area contributed by atoms with Crippen LogP contribution >= 0.6 is 0 Å². The molecule has 0 aliphatic rings. The van der Waals surface area contributed by atoms with E-state index in [0.717, 1.165) is 6.20 Å². The van der Waals surface area contributed by atoms with Gasteiger partial charge in [-0.1, -0.05) is 11.7 Å². The van der Waals surface area contributed by atoms with Gasteiger partial charge in [0.1, 0.15) is 13.2 Å². The molecular weight excluding hydrogens is 188 g/mol. The van der Waals surface area contributed by atoms with Gasteiger partial charge in [0.05, 0.1) is 0 Å². The van der Waals surface area contributed by atoms with Gasteiger partial charge in [-0.25, -0.2) is 4.79 Å². The topological polar surface area (TPSA) is 104 Å². The molecule has 2 N–H and O–H groups in total. The van der Waals surface area contributed by atoms with Crippen molar-refractivity contribution in [2.24, 2.45) is 5.16 Å². The molecule has 0 unspecified atom stereocenters. The number of urea groups is 1. The number of amides is 3. The van der Waals surface area contributed by atoms with Crippen molar-refractivity contribution in [3.8, 4) is 6.07 Å². The molecule has 0 aromatic carbocycles. The molecule has 0 spiro atoms. The zero-order valence-corrected chi connectivity index (χ0v) is 7.40. The lowest BCUT2D eigenvalue weighted by Crippen LogP contribution is -2.40. The van der Waals surface area contributed by atoms with Crippen LogP contribution < -0.4 is 10.6 Å². The van der Waals surface area contributed by atoms with E-state index in [0.29, 0.717) is 0 Å². The Morgan fingerprint density at radius 2 is 2.36 bits per heavy atom. The van der Waals surface area contributed by atoms with E-state index < -0.39 is 17.6 Å². The summed E-state index contributed by atoms with van der Waals surface area (Å²) in [5, 5.41) is 15.4. The molecule has 14 heavy (non-hydrogen) atoms. The van der Waals surface area contributed by atoms with E-state index in [2.05, 4.69) is 21.9 Å². The quantitative estimate of drug-likeness (QED) is 0.493. The number of oxime groups is 1. The summed E-state index contributed by atoms with van der Waals surface area (Å²) in [5.74, 6) is -0.950. The van der Waals surface area contributed by atoms with Crippen LogP contribution in [-0.2, 0) is 9.63 Å². The van der Waals surface area contributed by atoms with Gasteiger partial charge in [0.15, 0.2) is 0 Å². The zero-order chi connectivity index (χ0) is 11.0. The van der Waals surface area contributed by atoms with Crippen molar-refractivity contribution in [3.05, 3.63) is 12.8 Å². The second-order valence-electron chi connectivity index (χ2n) is 1.87.